The molecule has 1 saturated heterocycles. The number of alkyl carbamates (subject to hydrolysis) is 1. The van der Waals surface area contributed by atoms with Gasteiger partial charge in [0, 0.05) is 0 Å². The van der Waals surface area contributed by atoms with E-state index in [2.05, 4.69) is 11.9 Å². The molecule has 1 N–H and O–H groups in total. The Morgan fingerprint density at radius 2 is 2.30 bits per heavy atom. The molecule has 1 unspecified atom stereocenters. The van der Waals surface area contributed by atoms with E-state index in [1.165, 1.54) is 0 Å². The monoisotopic (exact) mass is 141 g/mol. The maximum absolute atomic E-state index is 10.6. The number of carbonyl (C=O) groups is 1. The second kappa shape index (κ2) is 2.33. The first-order chi connectivity index (χ1) is 4.61. The smallest absolute Gasteiger partial charge is 0.412 e. The first-order valence-electron chi connectivity index (χ1n) is 3.28. The third-order valence-corrected chi connectivity index (χ3v) is 1.51. The van der Waals surface area contributed by atoms with Crippen LogP contribution < -0.4 is 5.32 Å². The number of cyclic esters (lactones) is 1. The molecule has 3 nitrogen and oxygen atoms in total. The molecule has 0 radical (unpaired) electrons. The van der Waals surface area contributed by atoms with E-state index >= 15 is 0 Å². The van der Waals surface area contributed by atoms with Gasteiger partial charge >= 0.3 is 6.09 Å². The van der Waals surface area contributed by atoms with Crippen molar-refractivity contribution in [2.75, 3.05) is 0 Å². The Labute approximate surface area is 60.1 Å². The van der Waals surface area contributed by atoms with E-state index < -0.39 is 0 Å². The fourth-order valence-corrected chi connectivity index (χ4v) is 0.958. The predicted molar refractivity (Wildman–Crippen MR) is 37.4 cm³/mol. The summed E-state index contributed by atoms with van der Waals surface area (Å²) < 4.78 is 4.69. The van der Waals surface area contributed by atoms with Gasteiger partial charge < -0.3 is 10.1 Å². The molecule has 1 fully saturated rings. The van der Waals surface area contributed by atoms with Gasteiger partial charge in [-0.25, -0.2) is 4.79 Å². The molecule has 0 spiro atoms. The summed E-state index contributed by atoms with van der Waals surface area (Å²) in [5, 5.41) is 2.64. The van der Waals surface area contributed by atoms with Gasteiger partial charge in [0.2, 0.25) is 0 Å². The van der Waals surface area contributed by atoms with E-state index in [9.17, 15) is 4.79 Å². The first-order valence-corrected chi connectivity index (χ1v) is 3.28. The quantitative estimate of drug-likeness (QED) is 0.597. The molecule has 0 aliphatic carbocycles. The van der Waals surface area contributed by atoms with Crippen LogP contribution in [-0.2, 0) is 4.74 Å². The van der Waals surface area contributed by atoms with E-state index in [-0.39, 0.29) is 12.1 Å². The summed E-state index contributed by atoms with van der Waals surface area (Å²) in [7, 11) is 0. The van der Waals surface area contributed by atoms with Crippen LogP contribution in [-0.4, -0.2) is 12.1 Å². The molecule has 1 aliphatic heterocycles. The van der Waals surface area contributed by atoms with E-state index in [4.69, 9.17) is 4.74 Å². The Hall–Kier alpha value is -0.990. The summed E-state index contributed by atoms with van der Waals surface area (Å²) in [5.41, 5.74) is 0. The van der Waals surface area contributed by atoms with Gasteiger partial charge in [-0.05, 0) is 5.92 Å². The van der Waals surface area contributed by atoms with Crippen LogP contribution in [0.1, 0.15) is 13.8 Å². The largest absolute Gasteiger partial charge is 0.413 e. The minimum absolute atomic E-state index is 0.00694. The molecule has 1 aliphatic rings. The molecule has 1 rings (SSSR count). The zero-order valence-electron chi connectivity index (χ0n) is 6.18. The molecule has 0 aromatic heterocycles. The zero-order valence-corrected chi connectivity index (χ0v) is 6.18. The van der Waals surface area contributed by atoms with Crippen LogP contribution in [0.4, 0.5) is 4.79 Å². The van der Waals surface area contributed by atoms with E-state index in [0.29, 0.717) is 11.7 Å². The van der Waals surface area contributed by atoms with Crippen molar-refractivity contribution in [1.82, 2.24) is 5.32 Å². The summed E-state index contributed by atoms with van der Waals surface area (Å²) in [4.78, 5) is 10.6. The van der Waals surface area contributed by atoms with Gasteiger partial charge in [0.05, 0.1) is 6.04 Å². The predicted octanol–water partition coefficient (Wildman–Crippen LogP) is 1.26. The number of carbonyl (C=O) groups excluding carboxylic acids is 1. The van der Waals surface area contributed by atoms with Gasteiger partial charge in [0.15, 0.2) is 0 Å². The number of rotatable bonds is 1. The lowest BCUT2D eigenvalue weighted by molar-refractivity contribution is 0.195. The number of amides is 1. The molecular weight excluding hydrogens is 130 g/mol. The van der Waals surface area contributed by atoms with Crippen molar-refractivity contribution in [3.05, 3.63) is 12.3 Å². The standard InChI is InChI=1S/C7H11NO2/c1-4(2)6-5(3)10-7(9)8-6/h4,6H,3H2,1-2H3,(H,8,9). The Morgan fingerprint density at radius 3 is 2.50 bits per heavy atom. The minimum atomic E-state index is -0.385. The van der Waals surface area contributed by atoms with Crippen molar-refractivity contribution in [3.63, 3.8) is 0 Å². The number of ether oxygens (including phenoxy) is 1. The second-order valence-corrected chi connectivity index (χ2v) is 2.72. The average Bonchev–Trinajstić information content (AvgIpc) is 2.10. The van der Waals surface area contributed by atoms with Gasteiger partial charge in [-0.1, -0.05) is 20.4 Å². The Balaban J connectivity index is 2.63. The molecule has 0 bridgehead atoms. The van der Waals surface area contributed by atoms with Crippen molar-refractivity contribution in [1.29, 1.82) is 0 Å². The highest BCUT2D eigenvalue weighted by atomic mass is 16.6. The molecule has 3 heteroatoms. The van der Waals surface area contributed by atoms with Crippen LogP contribution >= 0.6 is 0 Å². The Morgan fingerprint density at radius 1 is 1.70 bits per heavy atom. The summed E-state index contributed by atoms with van der Waals surface area (Å²) in [6.45, 7) is 7.61. The van der Waals surface area contributed by atoms with E-state index in [0.717, 1.165) is 0 Å². The highest BCUT2D eigenvalue weighted by molar-refractivity contribution is 5.72. The first kappa shape index (κ1) is 7.12. The topological polar surface area (TPSA) is 38.3 Å². The maximum atomic E-state index is 10.6. The lowest BCUT2D eigenvalue weighted by atomic mass is 10.0. The van der Waals surface area contributed by atoms with Crippen LogP contribution in [0.3, 0.4) is 0 Å². The van der Waals surface area contributed by atoms with Crippen LogP contribution in [0.2, 0.25) is 0 Å². The molecule has 1 heterocycles. The van der Waals surface area contributed by atoms with Crippen molar-refractivity contribution < 1.29 is 9.53 Å². The summed E-state index contributed by atoms with van der Waals surface area (Å²) >= 11 is 0. The summed E-state index contributed by atoms with van der Waals surface area (Å²) in [6, 6.07) is -0.00694. The third-order valence-electron chi connectivity index (χ3n) is 1.51. The number of hydrogen-bond donors (Lipinski definition) is 1. The van der Waals surface area contributed by atoms with Crippen molar-refractivity contribution in [3.8, 4) is 0 Å². The normalized spacial score (nSPS) is 24.9. The lowest BCUT2D eigenvalue weighted by Crippen LogP contribution is -2.29. The molecule has 10 heavy (non-hydrogen) atoms. The van der Waals surface area contributed by atoms with Gasteiger partial charge in [0.25, 0.3) is 0 Å². The molecule has 1 amide bonds. The van der Waals surface area contributed by atoms with Crippen molar-refractivity contribution in [2.45, 2.75) is 19.9 Å². The van der Waals surface area contributed by atoms with Crippen LogP contribution in [0.5, 0.6) is 0 Å². The van der Waals surface area contributed by atoms with E-state index in [1.54, 1.807) is 0 Å². The molecule has 0 aromatic rings. The van der Waals surface area contributed by atoms with Gasteiger partial charge in [0.1, 0.15) is 5.76 Å². The fraction of sp³-hybridized carbons (Fsp3) is 0.571. The Bertz CT molecular complexity index is 174. The molecule has 56 valence electrons. The van der Waals surface area contributed by atoms with Crippen molar-refractivity contribution >= 4 is 6.09 Å². The van der Waals surface area contributed by atoms with Gasteiger partial charge in [-0.2, -0.15) is 0 Å². The SMILES string of the molecule is C=C1OC(=O)NC1C(C)C. The summed E-state index contributed by atoms with van der Waals surface area (Å²) in [6.07, 6.45) is -0.385. The van der Waals surface area contributed by atoms with E-state index in [1.807, 2.05) is 13.8 Å². The average molecular weight is 141 g/mol. The summed E-state index contributed by atoms with van der Waals surface area (Å²) in [5.74, 6) is 0.874. The number of nitrogens with one attached hydrogen (secondary N) is 1. The van der Waals surface area contributed by atoms with Crippen molar-refractivity contribution in [2.24, 2.45) is 5.92 Å². The lowest BCUT2D eigenvalue weighted by Gasteiger charge is -2.10. The molecular formula is C7H11NO2. The molecule has 0 aromatic carbocycles. The highest BCUT2D eigenvalue weighted by Gasteiger charge is 2.28. The minimum Gasteiger partial charge on any atom is -0.413 e. The highest BCUT2D eigenvalue weighted by Crippen LogP contribution is 2.17. The molecule has 0 saturated carbocycles. The second-order valence-electron chi connectivity index (χ2n) is 2.72. The number of hydrogen-bond acceptors (Lipinski definition) is 2. The van der Waals surface area contributed by atoms with Crippen LogP contribution in [0.25, 0.3) is 0 Å². The molecule has 1 atom stereocenters. The van der Waals surface area contributed by atoms with Gasteiger partial charge in [-0.15, -0.1) is 0 Å². The van der Waals surface area contributed by atoms with Crippen LogP contribution in [0.15, 0.2) is 12.3 Å². The Kier molecular flexibility index (Phi) is 1.66. The zero-order chi connectivity index (χ0) is 7.72. The third kappa shape index (κ3) is 1.12. The van der Waals surface area contributed by atoms with Crippen LogP contribution in [0, 0.1) is 5.92 Å². The maximum Gasteiger partial charge on any atom is 0.412 e. The van der Waals surface area contributed by atoms with Gasteiger partial charge in [-0.3, -0.25) is 0 Å². The fourth-order valence-electron chi connectivity index (χ4n) is 0.958.